The first-order valence-electron chi connectivity index (χ1n) is 12.7. The van der Waals surface area contributed by atoms with Gasteiger partial charge in [0.05, 0.1) is 16.7 Å². The summed E-state index contributed by atoms with van der Waals surface area (Å²) in [6, 6.07) is 40.4. The number of benzene rings is 4. The summed E-state index contributed by atoms with van der Waals surface area (Å²) < 4.78 is 2.16. The van der Waals surface area contributed by atoms with Gasteiger partial charge in [0.2, 0.25) is 0 Å². The van der Waals surface area contributed by atoms with Crippen molar-refractivity contribution in [3.63, 3.8) is 0 Å². The van der Waals surface area contributed by atoms with Crippen LogP contribution in [-0.2, 0) is 0 Å². The fraction of sp³-hybridized carbons (Fsp3) is 0. The molecule has 0 radical (unpaired) electrons. The highest BCUT2D eigenvalue weighted by molar-refractivity contribution is 5.83. The Balaban J connectivity index is 1.34. The second-order valence-corrected chi connectivity index (χ2v) is 9.08. The van der Waals surface area contributed by atoms with Crippen molar-refractivity contribution in [2.45, 2.75) is 0 Å². The Morgan fingerprint density at radius 3 is 1.49 bits per heavy atom. The summed E-state index contributed by atoms with van der Waals surface area (Å²) in [5, 5.41) is 0. The van der Waals surface area contributed by atoms with Gasteiger partial charge < -0.3 is 0 Å². The van der Waals surface area contributed by atoms with Crippen LogP contribution >= 0.6 is 0 Å². The Morgan fingerprint density at radius 2 is 0.897 bits per heavy atom. The van der Waals surface area contributed by atoms with Crippen LogP contribution in [0.4, 0.5) is 0 Å². The Hall–Kier alpha value is -5.49. The maximum atomic E-state index is 4.97. The molecule has 0 aliphatic rings. The van der Waals surface area contributed by atoms with E-state index in [1.54, 1.807) is 12.4 Å². The van der Waals surface area contributed by atoms with E-state index in [-0.39, 0.29) is 0 Å². The molecule has 7 rings (SSSR count). The van der Waals surface area contributed by atoms with E-state index in [9.17, 15) is 0 Å². The van der Waals surface area contributed by atoms with Crippen molar-refractivity contribution in [2.75, 3.05) is 0 Å². The number of pyridine rings is 1. The van der Waals surface area contributed by atoms with E-state index < -0.39 is 0 Å². The summed E-state index contributed by atoms with van der Waals surface area (Å²) in [6.07, 6.45) is 3.60. The Kier molecular flexibility index (Phi) is 5.68. The molecule has 7 aromatic rings. The highest BCUT2D eigenvalue weighted by Gasteiger charge is 2.16. The molecule has 3 heterocycles. The highest BCUT2D eigenvalue weighted by atomic mass is 15.1. The lowest BCUT2D eigenvalue weighted by atomic mass is 10.1. The molecule has 39 heavy (non-hydrogen) atoms. The smallest absolute Gasteiger partial charge is 0.164 e. The van der Waals surface area contributed by atoms with Gasteiger partial charge in [-0.25, -0.2) is 19.9 Å². The maximum Gasteiger partial charge on any atom is 0.164 e. The van der Waals surface area contributed by atoms with Gasteiger partial charge in [0.1, 0.15) is 5.82 Å². The molecule has 0 atom stereocenters. The molecule has 4 aromatic carbocycles. The molecule has 0 unspecified atom stereocenters. The summed E-state index contributed by atoms with van der Waals surface area (Å²) in [5.41, 5.74) is 6.78. The molecular weight excluding hydrogens is 480 g/mol. The van der Waals surface area contributed by atoms with Crippen molar-refractivity contribution >= 4 is 11.0 Å². The second kappa shape index (κ2) is 9.76. The van der Waals surface area contributed by atoms with Crippen LogP contribution in [0.5, 0.6) is 0 Å². The lowest BCUT2D eigenvalue weighted by Gasteiger charge is -2.11. The average Bonchev–Trinajstić information content (AvgIpc) is 3.42. The lowest BCUT2D eigenvalue weighted by molar-refractivity contribution is 1.07. The molecule has 0 amide bonds. The lowest BCUT2D eigenvalue weighted by Crippen LogP contribution is -2.00. The minimum absolute atomic E-state index is 0.622. The Morgan fingerprint density at radius 1 is 0.410 bits per heavy atom. The van der Waals surface area contributed by atoms with Crippen molar-refractivity contribution < 1.29 is 0 Å². The number of aromatic nitrogens is 6. The standard InChI is InChI=1S/C33H22N6/c1-3-9-23(10-4-1)30-36-31(24-11-5-2-6-12-24)38-32(37-30)25-15-17-26(18-16-25)33-35-28-13-7-8-14-29(28)39(33)27-19-21-34-22-20-27/h1-22H. The first kappa shape index (κ1) is 22.7. The monoisotopic (exact) mass is 502 g/mol. The Bertz CT molecular complexity index is 1820. The van der Waals surface area contributed by atoms with E-state index in [2.05, 4.69) is 27.8 Å². The molecule has 6 heteroatoms. The maximum absolute atomic E-state index is 4.97. The Labute approximate surface area is 225 Å². The van der Waals surface area contributed by atoms with Crippen LogP contribution in [0, 0.1) is 0 Å². The summed E-state index contributed by atoms with van der Waals surface area (Å²) >= 11 is 0. The van der Waals surface area contributed by atoms with Gasteiger partial charge in [-0.1, -0.05) is 97.1 Å². The zero-order valence-corrected chi connectivity index (χ0v) is 20.9. The van der Waals surface area contributed by atoms with E-state index in [1.165, 1.54) is 0 Å². The van der Waals surface area contributed by atoms with Gasteiger partial charge in [-0.2, -0.15) is 0 Å². The van der Waals surface area contributed by atoms with Crippen molar-refractivity contribution in [1.82, 2.24) is 29.5 Å². The fourth-order valence-electron chi connectivity index (χ4n) is 4.68. The van der Waals surface area contributed by atoms with Crippen LogP contribution in [0.2, 0.25) is 0 Å². The first-order chi connectivity index (χ1) is 19.3. The van der Waals surface area contributed by atoms with Crippen molar-refractivity contribution in [1.29, 1.82) is 0 Å². The molecule has 3 aromatic heterocycles. The van der Waals surface area contributed by atoms with Gasteiger partial charge >= 0.3 is 0 Å². The van der Waals surface area contributed by atoms with Crippen molar-refractivity contribution in [2.24, 2.45) is 0 Å². The predicted octanol–water partition coefficient (Wildman–Crippen LogP) is 7.27. The summed E-state index contributed by atoms with van der Waals surface area (Å²) in [7, 11) is 0. The number of fused-ring (bicyclic) bond motifs is 1. The number of hydrogen-bond donors (Lipinski definition) is 0. The normalized spacial score (nSPS) is 11.1. The van der Waals surface area contributed by atoms with Crippen molar-refractivity contribution in [3.8, 4) is 51.2 Å². The zero-order chi connectivity index (χ0) is 26.0. The van der Waals surface area contributed by atoms with E-state index in [1.807, 2.05) is 103 Å². The third-order valence-electron chi connectivity index (χ3n) is 6.58. The molecule has 0 spiro atoms. The zero-order valence-electron chi connectivity index (χ0n) is 20.9. The number of rotatable bonds is 5. The van der Waals surface area contributed by atoms with E-state index in [4.69, 9.17) is 19.9 Å². The summed E-state index contributed by atoms with van der Waals surface area (Å²) in [6.45, 7) is 0. The van der Waals surface area contributed by atoms with E-state index in [0.717, 1.165) is 44.8 Å². The predicted molar refractivity (Wildman–Crippen MR) is 154 cm³/mol. The molecule has 0 fully saturated rings. The third kappa shape index (κ3) is 4.34. The number of imidazole rings is 1. The second-order valence-electron chi connectivity index (χ2n) is 9.08. The van der Waals surface area contributed by atoms with Gasteiger partial charge in [0, 0.05) is 34.6 Å². The molecule has 0 saturated heterocycles. The van der Waals surface area contributed by atoms with Gasteiger partial charge in [0.15, 0.2) is 17.5 Å². The summed E-state index contributed by atoms with van der Waals surface area (Å²) in [5.74, 6) is 2.77. The van der Waals surface area contributed by atoms with Gasteiger partial charge in [-0.3, -0.25) is 9.55 Å². The van der Waals surface area contributed by atoms with Gasteiger partial charge in [-0.05, 0) is 24.3 Å². The number of nitrogens with zero attached hydrogens (tertiary/aromatic N) is 6. The minimum atomic E-state index is 0.622. The fourth-order valence-corrected chi connectivity index (χ4v) is 4.68. The van der Waals surface area contributed by atoms with E-state index in [0.29, 0.717) is 17.5 Å². The first-order valence-corrected chi connectivity index (χ1v) is 12.7. The molecule has 0 bridgehead atoms. The molecule has 0 aliphatic heterocycles. The molecule has 0 aliphatic carbocycles. The number of hydrogen-bond acceptors (Lipinski definition) is 5. The summed E-state index contributed by atoms with van der Waals surface area (Å²) in [4.78, 5) is 23.7. The average molecular weight is 503 g/mol. The van der Waals surface area contributed by atoms with Crippen LogP contribution in [-0.4, -0.2) is 29.5 Å². The quantitative estimate of drug-likeness (QED) is 0.247. The third-order valence-corrected chi connectivity index (χ3v) is 6.58. The molecular formula is C33H22N6. The van der Waals surface area contributed by atoms with Gasteiger partial charge in [0.25, 0.3) is 0 Å². The topological polar surface area (TPSA) is 69.4 Å². The number of para-hydroxylation sites is 2. The highest BCUT2D eigenvalue weighted by Crippen LogP contribution is 2.30. The van der Waals surface area contributed by atoms with Gasteiger partial charge in [-0.15, -0.1) is 0 Å². The minimum Gasteiger partial charge on any atom is -0.292 e. The SMILES string of the molecule is c1ccc(-c2nc(-c3ccccc3)nc(-c3ccc(-c4nc5ccccc5n4-c4ccncc4)cc3)n2)cc1. The van der Waals surface area contributed by atoms with Crippen LogP contribution in [0.1, 0.15) is 0 Å². The molecule has 184 valence electrons. The molecule has 0 N–H and O–H groups in total. The van der Waals surface area contributed by atoms with E-state index >= 15 is 0 Å². The van der Waals surface area contributed by atoms with Crippen LogP contribution < -0.4 is 0 Å². The van der Waals surface area contributed by atoms with Crippen LogP contribution in [0.3, 0.4) is 0 Å². The molecule has 0 saturated carbocycles. The van der Waals surface area contributed by atoms with Crippen molar-refractivity contribution in [3.05, 3.63) is 134 Å². The molecule has 6 nitrogen and oxygen atoms in total. The van der Waals surface area contributed by atoms with Crippen LogP contribution in [0.15, 0.2) is 134 Å². The largest absolute Gasteiger partial charge is 0.292 e. The van der Waals surface area contributed by atoms with Crippen LogP contribution in [0.25, 0.3) is 62.3 Å².